The van der Waals surface area contributed by atoms with Gasteiger partial charge in [-0.3, -0.25) is 0 Å². The van der Waals surface area contributed by atoms with Crippen molar-refractivity contribution in [3.63, 3.8) is 0 Å². The molecule has 2 rings (SSSR count). The number of carbonyl (C=O) groups is 2. The van der Waals surface area contributed by atoms with E-state index in [1.165, 1.54) is 45.6 Å². The zero-order valence-electron chi connectivity index (χ0n) is 15.7. The van der Waals surface area contributed by atoms with Crippen molar-refractivity contribution in [2.75, 3.05) is 21.3 Å². The Morgan fingerprint density at radius 1 is 0.786 bits per heavy atom. The van der Waals surface area contributed by atoms with Crippen LogP contribution in [-0.2, 0) is 14.3 Å². The van der Waals surface area contributed by atoms with E-state index in [0.29, 0.717) is 22.6 Å². The Bertz CT molecular complexity index is 913. The van der Waals surface area contributed by atoms with Crippen molar-refractivity contribution in [2.45, 2.75) is 0 Å². The summed E-state index contributed by atoms with van der Waals surface area (Å²) < 4.78 is 20.1. The van der Waals surface area contributed by atoms with Crippen molar-refractivity contribution < 1.29 is 33.6 Å². The summed E-state index contributed by atoms with van der Waals surface area (Å²) in [6.07, 6.45) is 5.60. The average molecular weight is 384 g/mol. The van der Waals surface area contributed by atoms with Crippen LogP contribution in [0.1, 0.15) is 11.1 Å². The maximum Gasteiger partial charge on any atom is 0.336 e. The lowest BCUT2D eigenvalue weighted by atomic mass is 10.2. The molecule has 0 aliphatic heterocycles. The van der Waals surface area contributed by atoms with E-state index >= 15 is 0 Å². The van der Waals surface area contributed by atoms with Crippen LogP contribution < -0.4 is 14.2 Å². The first-order chi connectivity index (χ1) is 13.5. The number of hydrogen-bond donors (Lipinski definition) is 1. The third-order valence-electron chi connectivity index (χ3n) is 3.63. The van der Waals surface area contributed by atoms with E-state index in [0.717, 1.165) is 0 Å². The molecule has 0 aliphatic carbocycles. The van der Waals surface area contributed by atoms with E-state index in [-0.39, 0.29) is 11.5 Å². The zero-order valence-corrected chi connectivity index (χ0v) is 15.7. The Labute approximate surface area is 162 Å². The maximum absolute atomic E-state index is 12.1. The molecule has 0 atom stereocenters. The van der Waals surface area contributed by atoms with Gasteiger partial charge >= 0.3 is 11.9 Å². The quantitative estimate of drug-likeness (QED) is 0.445. The van der Waals surface area contributed by atoms with E-state index in [9.17, 15) is 14.7 Å². The highest BCUT2D eigenvalue weighted by molar-refractivity contribution is 5.89. The first kappa shape index (κ1) is 20.6. The fourth-order valence-electron chi connectivity index (χ4n) is 2.21. The van der Waals surface area contributed by atoms with Gasteiger partial charge in [-0.25, -0.2) is 9.59 Å². The molecule has 2 aromatic carbocycles. The molecule has 0 unspecified atom stereocenters. The second-order valence-electron chi connectivity index (χ2n) is 5.45. The fraction of sp³-hybridized carbons (Fsp3) is 0.143. The maximum atomic E-state index is 12.1. The standard InChI is InChI=1S/C21H20O7/c1-25-18-12-14(4-8-16(18)22)7-11-21(24)28-17-9-5-15(13-19(17)26-2)6-10-20(23)27-3/h4-13,22H,1-3H3. The number of carbonyl (C=O) groups excluding carboxylic acids is 2. The van der Waals surface area contributed by atoms with Crippen LogP contribution in [-0.4, -0.2) is 38.4 Å². The largest absolute Gasteiger partial charge is 0.504 e. The molecule has 2 aromatic rings. The van der Waals surface area contributed by atoms with Gasteiger partial charge in [0, 0.05) is 12.2 Å². The molecule has 28 heavy (non-hydrogen) atoms. The van der Waals surface area contributed by atoms with E-state index in [4.69, 9.17) is 14.2 Å². The van der Waals surface area contributed by atoms with Gasteiger partial charge in [-0.1, -0.05) is 12.1 Å². The normalized spacial score (nSPS) is 10.8. The highest BCUT2D eigenvalue weighted by atomic mass is 16.6. The number of ether oxygens (including phenoxy) is 4. The Balaban J connectivity index is 2.10. The lowest BCUT2D eigenvalue weighted by Crippen LogP contribution is -2.05. The molecule has 0 aliphatic rings. The summed E-state index contributed by atoms with van der Waals surface area (Å²) in [5.41, 5.74) is 1.33. The Kier molecular flexibility index (Phi) is 7.21. The van der Waals surface area contributed by atoms with Gasteiger partial charge in [0.1, 0.15) is 0 Å². The lowest BCUT2D eigenvalue weighted by Gasteiger charge is -2.08. The molecule has 7 nitrogen and oxygen atoms in total. The summed E-state index contributed by atoms with van der Waals surface area (Å²) in [7, 11) is 4.17. The fourth-order valence-corrected chi connectivity index (χ4v) is 2.21. The third kappa shape index (κ3) is 5.63. The monoisotopic (exact) mass is 384 g/mol. The second-order valence-corrected chi connectivity index (χ2v) is 5.45. The van der Waals surface area contributed by atoms with Crippen molar-refractivity contribution in [3.8, 4) is 23.0 Å². The first-order valence-electron chi connectivity index (χ1n) is 8.17. The predicted octanol–water partition coefficient (Wildman–Crippen LogP) is 3.21. The second kappa shape index (κ2) is 9.82. The summed E-state index contributed by atoms with van der Waals surface area (Å²) in [4.78, 5) is 23.3. The van der Waals surface area contributed by atoms with Crippen molar-refractivity contribution in [2.24, 2.45) is 0 Å². The predicted molar refractivity (Wildman–Crippen MR) is 103 cm³/mol. The van der Waals surface area contributed by atoms with E-state index < -0.39 is 11.9 Å². The van der Waals surface area contributed by atoms with E-state index in [1.807, 2.05) is 0 Å². The Hall–Kier alpha value is -3.74. The van der Waals surface area contributed by atoms with Gasteiger partial charge < -0.3 is 24.1 Å². The smallest absolute Gasteiger partial charge is 0.336 e. The van der Waals surface area contributed by atoms with E-state index in [1.54, 1.807) is 36.4 Å². The van der Waals surface area contributed by atoms with Gasteiger partial charge in [-0.05, 0) is 47.5 Å². The summed E-state index contributed by atoms with van der Waals surface area (Å²) in [5.74, 6) is -0.217. The summed E-state index contributed by atoms with van der Waals surface area (Å²) in [6, 6.07) is 9.53. The molecular formula is C21H20O7. The van der Waals surface area contributed by atoms with Crippen molar-refractivity contribution >= 4 is 24.1 Å². The van der Waals surface area contributed by atoms with Crippen molar-refractivity contribution in [1.82, 2.24) is 0 Å². The zero-order chi connectivity index (χ0) is 20.5. The minimum Gasteiger partial charge on any atom is -0.504 e. The lowest BCUT2D eigenvalue weighted by molar-refractivity contribution is -0.134. The van der Waals surface area contributed by atoms with Gasteiger partial charge in [0.05, 0.1) is 21.3 Å². The highest BCUT2D eigenvalue weighted by Gasteiger charge is 2.09. The van der Waals surface area contributed by atoms with Gasteiger partial charge in [0.2, 0.25) is 0 Å². The number of phenolic OH excluding ortho intramolecular Hbond substituents is 1. The van der Waals surface area contributed by atoms with Crippen LogP contribution in [0.5, 0.6) is 23.0 Å². The number of rotatable bonds is 7. The third-order valence-corrected chi connectivity index (χ3v) is 3.63. The minimum absolute atomic E-state index is 0.00769. The van der Waals surface area contributed by atoms with Crippen LogP contribution in [0.15, 0.2) is 48.6 Å². The van der Waals surface area contributed by atoms with Crippen LogP contribution in [0.3, 0.4) is 0 Å². The Morgan fingerprint density at radius 2 is 1.36 bits per heavy atom. The summed E-state index contributed by atoms with van der Waals surface area (Å²) in [5, 5.41) is 9.58. The molecule has 0 radical (unpaired) electrons. The van der Waals surface area contributed by atoms with Crippen LogP contribution in [0, 0.1) is 0 Å². The molecule has 0 saturated carbocycles. The first-order valence-corrected chi connectivity index (χ1v) is 8.17. The molecule has 7 heteroatoms. The molecule has 0 fully saturated rings. The van der Waals surface area contributed by atoms with Crippen LogP contribution in [0.4, 0.5) is 0 Å². The minimum atomic E-state index is -0.608. The molecule has 1 N–H and O–H groups in total. The van der Waals surface area contributed by atoms with Gasteiger partial charge in [0.15, 0.2) is 23.0 Å². The SMILES string of the molecule is COC(=O)C=Cc1ccc(OC(=O)C=Cc2ccc(O)c(OC)c2)c(OC)c1. The van der Waals surface area contributed by atoms with Gasteiger partial charge in [0.25, 0.3) is 0 Å². The molecule has 146 valence electrons. The number of phenols is 1. The van der Waals surface area contributed by atoms with Crippen LogP contribution in [0.2, 0.25) is 0 Å². The summed E-state index contributed by atoms with van der Waals surface area (Å²) >= 11 is 0. The van der Waals surface area contributed by atoms with Gasteiger partial charge in [-0.2, -0.15) is 0 Å². The molecule has 0 spiro atoms. The summed E-state index contributed by atoms with van der Waals surface area (Å²) in [6.45, 7) is 0. The Morgan fingerprint density at radius 3 is 1.96 bits per heavy atom. The van der Waals surface area contributed by atoms with Crippen LogP contribution in [0.25, 0.3) is 12.2 Å². The highest BCUT2D eigenvalue weighted by Crippen LogP contribution is 2.29. The van der Waals surface area contributed by atoms with Crippen molar-refractivity contribution in [1.29, 1.82) is 0 Å². The number of esters is 2. The molecule has 0 amide bonds. The molecule has 0 saturated heterocycles. The topological polar surface area (TPSA) is 91.3 Å². The number of methoxy groups -OCH3 is 3. The molecule has 0 bridgehead atoms. The molecule has 0 aromatic heterocycles. The number of aromatic hydroxyl groups is 1. The molecular weight excluding hydrogens is 364 g/mol. The van der Waals surface area contributed by atoms with Gasteiger partial charge in [-0.15, -0.1) is 0 Å². The molecule has 0 heterocycles. The van der Waals surface area contributed by atoms with E-state index in [2.05, 4.69) is 4.74 Å². The van der Waals surface area contributed by atoms with Crippen LogP contribution >= 0.6 is 0 Å². The number of benzene rings is 2. The van der Waals surface area contributed by atoms with Crippen molar-refractivity contribution in [3.05, 3.63) is 59.7 Å². The average Bonchev–Trinajstić information content (AvgIpc) is 2.71. The number of hydrogen-bond acceptors (Lipinski definition) is 7.